The molecule has 0 radical (unpaired) electrons. The zero-order valence-corrected chi connectivity index (χ0v) is 13.4. The summed E-state index contributed by atoms with van der Waals surface area (Å²) in [7, 11) is 0. The third kappa shape index (κ3) is 5.12. The van der Waals surface area contributed by atoms with Crippen molar-refractivity contribution >= 4 is 35.4 Å². The first-order valence-electron chi connectivity index (χ1n) is 6.44. The Hall–Kier alpha value is -2.31. The fourth-order valence-electron chi connectivity index (χ4n) is 1.75. The van der Waals surface area contributed by atoms with Crippen LogP contribution < -0.4 is 16.2 Å². The minimum absolute atomic E-state index is 0.162. The minimum Gasteiger partial charge on any atom is -0.489 e. The summed E-state index contributed by atoms with van der Waals surface area (Å²) < 4.78 is 18.5. The van der Waals surface area contributed by atoms with E-state index in [-0.39, 0.29) is 18.4 Å². The summed E-state index contributed by atoms with van der Waals surface area (Å²) in [5, 5.41) is 8.09. The van der Waals surface area contributed by atoms with E-state index in [0.717, 1.165) is 0 Å². The van der Waals surface area contributed by atoms with Gasteiger partial charge >= 0.3 is 0 Å². The van der Waals surface area contributed by atoms with Crippen LogP contribution in [-0.4, -0.2) is 12.2 Å². The van der Waals surface area contributed by atoms with Gasteiger partial charge in [0.1, 0.15) is 18.2 Å². The molecule has 4 N–H and O–H groups in total. The van der Waals surface area contributed by atoms with Gasteiger partial charge in [0.25, 0.3) is 0 Å². The molecule has 0 spiro atoms. The Kier molecular flexibility index (Phi) is 5.78. The van der Waals surface area contributed by atoms with Crippen LogP contribution in [0, 0.1) is 5.82 Å². The summed E-state index contributed by atoms with van der Waals surface area (Å²) in [6.45, 7) is 0.162. The molecule has 23 heavy (non-hydrogen) atoms. The topological polar surface area (TPSA) is 86.0 Å². The highest BCUT2D eigenvalue weighted by Crippen LogP contribution is 2.25. The highest BCUT2D eigenvalue weighted by Gasteiger charge is 2.09. The Balaban J connectivity index is 2.23. The Morgan fingerprint density at radius 3 is 2.52 bits per heavy atom. The minimum atomic E-state index is -0.340. The predicted molar refractivity (Wildman–Crippen MR) is 90.6 cm³/mol. The van der Waals surface area contributed by atoms with Gasteiger partial charge in [-0.1, -0.05) is 23.2 Å². The molecule has 0 amide bonds. The van der Waals surface area contributed by atoms with E-state index in [9.17, 15) is 4.39 Å². The maximum atomic E-state index is 12.9. The molecule has 0 atom stereocenters. The number of rotatable bonds is 5. The van der Waals surface area contributed by atoms with Crippen LogP contribution in [0.4, 0.5) is 4.39 Å². The molecule has 2 aromatic carbocycles. The second-order valence-electron chi connectivity index (χ2n) is 4.47. The van der Waals surface area contributed by atoms with E-state index in [1.54, 1.807) is 12.1 Å². The first-order valence-corrected chi connectivity index (χ1v) is 7.19. The summed E-state index contributed by atoms with van der Waals surface area (Å²) in [4.78, 5) is 0. The molecule has 8 heteroatoms. The van der Waals surface area contributed by atoms with Gasteiger partial charge in [-0.05, 0) is 36.4 Å². The van der Waals surface area contributed by atoms with Crippen LogP contribution in [0.15, 0.2) is 46.6 Å². The van der Waals surface area contributed by atoms with Crippen LogP contribution in [0.25, 0.3) is 0 Å². The second kappa shape index (κ2) is 7.80. The average Bonchev–Trinajstić information content (AvgIpc) is 2.48. The zero-order valence-electron chi connectivity index (χ0n) is 11.8. The van der Waals surface area contributed by atoms with Crippen LogP contribution in [-0.2, 0) is 6.61 Å². The lowest BCUT2D eigenvalue weighted by Gasteiger charge is -2.10. The Morgan fingerprint density at radius 2 is 1.87 bits per heavy atom. The van der Waals surface area contributed by atoms with Crippen molar-refractivity contribution in [2.45, 2.75) is 6.61 Å². The highest BCUT2D eigenvalue weighted by molar-refractivity contribution is 6.36. The van der Waals surface area contributed by atoms with Gasteiger partial charge in [0.05, 0.1) is 11.2 Å². The second-order valence-corrected chi connectivity index (χ2v) is 5.32. The average molecular weight is 355 g/mol. The predicted octanol–water partition coefficient (Wildman–Crippen LogP) is 3.32. The molecular formula is C15H13Cl2FN4O. The van der Waals surface area contributed by atoms with Gasteiger partial charge in [0.15, 0.2) is 0 Å². The SMILES string of the molecule is NC(N)=NN=Cc1c(Cl)cc(Cl)cc1COc1ccc(F)cc1. The third-order valence-electron chi connectivity index (χ3n) is 2.75. The maximum absolute atomic E-state index is 12.9. The summed E-state index contributed by atoms with van der Waals surface area (Å²) in [5.74, 6) is -0.00161. The van der Waals surface area contributed by atoms with Crippen molar-refractivity contribution in [1.29, 1.82) is 0 Å². The molecule has 0 heterocycles. The van der Waals surface area contributed by atoms with Gasteiger partial charge in [0, 0.05) is 16.1 Å². The van der Waals surface area contributed by atoms with Crippen molar-refractivity contribution in [3.63, 3.8) is 0 Å². The molecule has 5 nitrogen and oxygen atoms in total. The van der Waals surface area contributed by atoms with E-state index < -0.39 is 0 Å². The number of guanidine groups is 1. The van der Waals surface area contributed by atoms with Crippen LogP contribution in [0.3, 0.4) is 0 Å². The number of benzene rings is 2. The Labute approximate surface area is 142 Å². The normalized spacial score (nSPS) is 10.7. The van der Waals surface area contributed by atoms with Gasteiger partial charge in [-0.3, -0.25) is 0 Å². The number of hydrogen-bond donors (Lipinski definition) is 2. The molecule has 0 aliphatic rings. The van der Waals surface area contributed by atoms with Crippen LogP contribution in [0.2, 0.25) is 10.0 Å². The lowest BCUT2D eigenvalue weighted by molar-refractivity contribution is 0.305. The number of ether oxygens (including phenoxy) is 1. The summed E-state index contributed by atoms with van der Waals surface area (Å²) in [6.07, 6.45) is 1.40. The van der Waals surface area contributed by atoms with Gasteiger partial charge in [0.2, 0.25) is 5.96 Å². The van der Waals surface area contributed by atoms with Crippen molar-refractivity contribution in [3.8, 4) is 5.75 Å². The zero-order chi connectivity index (χ0) is 16.8. The largest absolute Gasteiger partial charge is 0.489 e. The van der Waals surface area contributed by atoms with Crippen LogP contribution in [0.1, 0.15) is 11.1 Å². The first kappa shape index (κ1) is 17.1. The molecule has 120 valence electrons. The van der Waals surface area contributed by atoms with Gasteiger partial charge in [-0.2, -0.15) is 5.10 Å². The van der Waals surface area contributed by atoms with E-state index in [0.29, 0.717) is 26.9 Å². The van der Waals surface area contributed by atoms with Crippen molar-refractivity contribution in [1.82, 2.24) is 0 Å². The van der Waals surface area contributed by atoms with Gasteiger partial charge in [-0.15, -0.1) is 5.10 Å². The molecule has 0 fully saturated rings. The van der Waals surface area contributed by atoms with Crippen molar-refractivity contribution in [3.05, 3.63) is 63.4 Å². The van der Waals surface area contributed by atoms with Gasteiger partial charge < -0.3 is 16.2 Å². The number of halogens is 3. The lowest BCUT2D eigenvalue weighted by Crippen LogP contribution is -2.21. The number of nitrogens with zero attached hydrogens (tertiary/aromatic N) is 2. The highest BCUT2D eigenvalue weighted by atomic mass is 35.5. The van der Waals surface area contributed by atoms with E-state index >= 15 is 0 Å². The van der Waals surface area contributed by atoms with E-state index in [1.807, 2.05) is 0 Å². The van der Waals surface area contributed by atoms with Gasteiger partial charge in [-0.25, -0.2) is 4.39 Å². The van der Waals surface area contributed by atoms with Crippen molar-refractivity contribution in [2.75, 3.05) is 0 Å². The molecular weight excluding hydrogens is 342 g/mol. The lowest BCUT2D eigenvalue weighted by atomic mass is 10.1. The molecule has 0 aliphatic carbocycles. The quantitative estimate of drug-likeness (QED) is 0.490. The van der Waals surface area contributed by atoms with E-state index in [4.69, 9.17) is 39.4 Å². The number of nitrogens with two attached hydrogens (primary N) is 2. The summed E-state index contributed by atoms with van der Waals surface area (Å²) >= 11 is 12.2. The molecule has 0 saturated heterocycles. The Bertz CT molecular complexity index is 744. The number of hydrogen-bond acceptors (Lipinski definition) is 3. The fraction of sp³-hybridized carbons (Fsp3) is 0.0667. The molecule has 2 aromatic rings. The first-order chi connectivity index (χ1) is 11.0. The summed E-state index contributed by atoms with van der Waals surface area (Å²) in [5.41, 5.74) is 11.7. The maximum Gasteiger partial charge on any atom is 0.211 e. The van der Waals surface area contributed by atoms with Crippen LogP contribution >= 0.6 is 23.2 Å². The fourth-order valence-corrected chi connectivity index (χ4v) is 2.33. The van der Waals surface area contributed by atoms with Crippen LogP contribution in [0.5, 0.6) is 5.75 Å². The third-order valence-corrected chi connectivity index (χ3v) is 3.28. The van der Waals surface area contributed by atoms with Crippen molar-refractivity contribution < 1.29 is 9.13 Å². The molecule has 0 unspecified atom stereocenters. The van der Waals surface area contributed by atoms with Crippen molar-refractivity contribution in [2.24, 2.45) is 21.7 Å². The van der Waals surface area contributed by atoms with E-state index in [1.165, 1.54) is 30.5 Å². The molecule has 0 aromatic heterocycles. The Morgan fingerprint density at radius 1 is 1.17 bits per heavy atom. The smallest absolute Gasteiger partial charge is 0.211 e. The standard InChI is InChI=1S/C15H13Cl2FN4O/c16-10-5-9(8-23-12-3-1-11(18)2-4-12)13(14(17)6-10)7-21-22-15(19)20/h1-7H,8H2,(H4,19,20,22). The summed E-state index contributed by atoms with van der Waals surface area (Å²) in [6, 6.07) is 8.92. The molecule has 0 saturated carbocycles. The monoisotopic (exact) mass is 354 g/mol. The molecule has 0 aliphatic heterocycles. The van der Waals surface area contributed by atoms with E-state index in [2.05, 4.69) is 10.2 Å². The molecule has 0 bridgehead atoms. The molecule has 2 rings (SSSR count).